The van der Waals surface area contributed by atoms with Crippen molar-refractivity contribution in [2.24, 2.45) is 10.2 Å². The summed E-state index contributed by atoms with van der Waals surface area (Å²) in [6, 6.07) is 21.9. The van der Waals surface area contributed by atoms with Gasteiger partial charge in [0.1, 0.15) is 5.69 Å². The molecule has 0 radical (unpaired) electrons. The first-order valence-electron chi connectivity index (χ1n) is 8.42. The van der Waals surface area contributed by atoms with Crippen molar-refractivity contribution < 1.29 is 9.21 Å². The van der Waals surface area contributed by atoms with Gasteiger partial charge in [0, 0.05) is 5.56 Å². The van der Waals surface area contributed by atoms with Crippen LogP contribution in [0.4, 0.5) is 15.8 Å². The lowest BCUT2D eigenvalue weighted by molar-refractivity contribution is 0.0962. The van der Waals surface area contributed by atoms with E-state index in [2.05, 4.69) is 26.1 Å². The molecule has 2 aromatic carbocycles. The van der Waals surface area contributed by atoms with E-state index in [1.807, 2.05) is 36.4 Å². The van der Waals surface area contributed by atoms with Gasteiger partial charge in [0.2, 0.25) is 5.13 Å². The average Bonchev–Trinajstić information content (AvgIpc) is 3.41. The molecule has 28 heavy (non-hydrogen) atoms. The number of benzene rings is 2. The number of nitrogens with zero attached hydrogens (tertiary/aromatic N) is 3. The van der Waals surface area contributed by atoms with E-state index in [1.165, 1.54) is 11.3 Å². The van der Waals surface area contributed by atoms with Crippen LogP contribution in [-0.2, 0) is 0 Å². The van der Waals surface area contributed by atoms with E-state index in [9.17, 15) is 4.79 Å². The predicted molar refractivity (Wildman–Crippen MR) is 108 cm³/mol. The van der Waals surface area contributed by atoms with E-state index in [-0.39, 0.29) is 5.91 Å². The molecular formula is C20H15N5O2S. The second-order valence-electron chi connectivity index (χ2n) is 5.63. The summed E-state index contributed by atoms with van der Waals surface area (Å²) in [7, 11) is 0. The maximum Gasteiger partial charge on any atom is 0.269 e. The average molecular weight is 389 g/mol. The third kappa shape index (κ3) is 4.13. The molecule has 0 saturated heterocycles. The van der Waals surface area contributed by atoms with Crippen LogP contribution in [0, 0.1) is 0 Å². The van der Waals surface area contributed by atoms with Gasteiger partial charge in [0.25, 0.3) is 5.91 Å². The van der Waals surface area contributed by atoms with Crippen LogP contribution in [0.5, 0.6) is 0 Å². The first-order chi connectivity index (χ1) is 13.8. The number of hydrazine groups is 1. The summed E-state index contributed by atoms with van der Waals surface area (Å²) in [6.45, 7) is 0. The number of carbonyl (C=O) groups is 1. The van der Waals surface area contributed by atoms with Crippen molar-refractivity contribution in [1.29, 1.82) is 0 Å². The molecule has 0 atom stereocenters. The minimum atomic E-state index is -0.261. The lowest BCUT2D eigenvalue weighted by atomic mass is 10.2. The van der Waals surface area contributed by atoms with Gasteiger partial charge in [-0.3, -0.25) is 15.6 Å². The molecule has 2 aromatic heterocycles. The van der Waals surface area contributed by atoms with E-state index in [4.69, 9.17) is 4.42 Å². The largest absolute Gasteiger partial charge is 0.463 e. The van der Waals surface area contributed by atoms with Gasteiger partial charge in [-0.1, -0.05) is 47.7 Å². The third-order valence-corrected chi connectivity index (χ3v) is 4.55. The lowest BCUT2D eigenvalue weighted by Gasteiger charge is -2.04. The minimum Gasteiger partial charge on any atom is -0.463 e. The van der Waals surface area contributed by atoms with Crippen LogP contribution in [0.2, 0.25) is 0 Å². The SMILES string of the molecule is O=C(NNc1nc(-c2ccco2)c(N=Nc2ccccc2)s1)c1ccccc1. The van der Waals surface area contributed by atoms with Gasteiger partial charge in [-0.25, -0.2) is 4.98 Å². The molecule has 0 spiro atoms. The van der Waals surface area contributed by atoms with Crippen LogP contribution in [-0.4, -0.2) is 10.9 Å². The summed E-state index contributed by atoms with van der Waals surface area (Å²) in [4.78, 5) is 16.7. The summed E-state index contributed by atoms with van der Waals surface area (Å²) in [5, 5.41) is 9.58. The van der Waals surface area contributed by atoms with Crippen LogP contribution >= 0.6 is 11.3 Å². The Labute approximate surface area is 164 Å². The zero-order valence-electron chi connectivity index (χ0n) is 14.6. The molecule has 1 amide bonds. The van der Waals surface area contributed by atoms with Crippen LogP contribution < -0.4 is 10.9 Å². The second-order valence-corrected chi connectivity index (χ2v) is 6.61. The smallest absolute Gasteiger partial charge is 0.269 e. The van der Waals surface area contributed by atoms with Crippen LogP contribution in [0.25, 0.3) is 11.5 Å². The Kier molecular flexibility index (Phi) is 5.21. The summed E-state index contributed by atoms with van der Waals surface area (Å²) >= 11 is 1.26. The Bertz CT molecular complexity index is 1080. The maximum atomic E-state index is 12.2. The molecule has 0 aliphatic heterocycles. The number of thiazole rings is 1. The van der Waals surface area contributed by atoms with Crippen LogP contribution in [0.15, 0.2) is 93.7 Å². The molecule has 4 aromatic rings. The number of rotatable bonds is 6. The lowest BCUT2D eigenvalue weighted by Crippen LogP contribution is -2.29. The minimum absolute atomic E-state index is 0.261. The third-order valence-electron chi connectivity index (χ3n) is 3.70. The van der Waals surface area contributed by atoms with Crippen LogP contribution in [0.1, 0.15) is 10.4 Å². The number of hydrogen-bond donors (Lipinski definition) is 2. The summed E-state index contributed by atoms with van der Waals surface area (Å²) in [5.74, 6) is 0.309. The van der Waals surface area contributed by atoms with Crippen molar-refractivity contribution in [2.75, 3.05) is 5.43 Å². The fourth-order valence-electron chi connectivity index (χ4n) is 2.38. The molecule has 0 saturated carbocycles. The zero-order valence-corrected chi connectivity index (χ0v) is 15.4. The standard InChI is InChI=1S/C20H15N5O2S/c26-18(14-8-3-1-4-9-14)23-25-20-21-17(16-12-7-13-27-16)19(28-20)24-22-15-10-5-2-6-11-15/h1-13H,(H,21,25)(H,23,26). The van der Waals surface area contributed by atoms with E-state index in [0.29, 0.717) is 27.2 Å². The van der Waals surface area contributed by atoms with Crippen molar-refractivity contribution >= 4 is 33.1 Å². The summed E-state index contributed by atoms with van der Waals surface area (Å²) < 4.78 is 5.45. The molecule has 0 fully saturated rings. The van der Waals surface area contributed by atoms with Gasteiger partial charge in [-0.05, 0) is 36.4 Å². The Balaban J connectivity index is 1.55. The zero-order chi connectivity index (χ0) is 19.2. The molecule has 0 bridgehead atoms. The number of aromatic nitrogens is 1. The van der Waals surface area contributed by atoms with Gasteiger partial charge in [-0.15, -0.1) is 10.2 Å². The van der Waals surface area contributed by atoms with E-state index in [1.54, 1.807) is 42.7 Å². The number of anilines is 1. The molecule has 8 heteroatoms. The Morgan fingerprint density at radius 1 is 0.929 bits per heavy atom. The van der Waals surface area contributed by atoms with Crippen molar-refractivity contribution in [3.8, 4) is 11.5 Å². The fraction of sp³-hybridized carbons (Fsp3) is 0. The predicted octanol–water partition coefficient (Wildman–Crippen LogP) is 5.58. The van der Waals surface area contributed by atoms with Gasteiger partial charge < -0.3 is 4.42 Å². The molecule has 4 rings (SSSR count). The first-order valence-corrected chi connectivity index (χ1v) is 9.24. The van der Waals surface area contributed by atoms with Crippen molar-refractivity contribution in [3.05, 3.63) is 84.6 Å². The fourth-order valence-corrected chi connectivity index (χ4v) is 3.12. The molecule has 0 aliphatic carbocycles. The summed E-state index contributed by atoms with van der Waals surface area (Å²) in [6.07, 6.45) is 1.57. The molecule has 2 N–H and O–H groups in total. The molecule has 0 unspecified atom stereocenters. The van der Waals surface area contributed by atoms with Crippen molar-refractivity contribution in [2.45, 2.75) is 0 Å². The highest BCUT2D eigenvalue weighted by atomic mass is 32.1. The van der Waals surface area contributed by atoms with Gasteiger partial charge >= 0.3 is 0 Å². The number of azo groups is 1. The molecular weight excluding hydrogens is 374 g/mol. The Morgan fingerprint density at radius 2 is 1.68 bits per heavy atom. The highest BCUT2D eigenvalue weighted by molar-refractivity contribution is 7.19. The van der Waals surface area contributed by atoms with Crippen molar-refractivity contribution in [1.82, 2.24) is 10.4 Å². The first kappa shape index (κ1) is 17.6. The normalized spacial score (nSPS) is 10.9. The molecule has 7 nitrogen and oxygen atoms in total. The van der Waals surface area contributed by atoms with Crippen LogP contribution in [0.3, 0.4) is 0 Å². The van der Waals surface area contributed by atoms with E-state index < -0.39 is 0 Å². The number of nitrogens with one attached hydrogen (secondary N) is 2. The molecule has 2 heterocycles. The van der Waals surface area contributed by atoms with E-state index >= 15 is 0 Å². The topological polar surface area (TPSA) is 91.9 Å². The summed E-state index contributed by atoms with van der Waals surface area (Å²) in [5.41, 5.74) is 7.28. The van der Waals surface area contributed by atoms with E-state index in [0.717, 1.165) is 5.69 Å². The van der Waals surface area contributed by atoms with Crippen molar-refractivity contribution in [3.63, 3.8) is 0 Å². The second kappa shape index (κ2) is 8.28. The monoisotopic (exact) mass is 389 g/mol. The van der Waals surface area contributed by atoms with Gasteiger partial charge in [0.05, 0.1) is 12.0 Å². The molecule has 0 aliphatic rings. The quantitative estimate of drug-likeness (QED) is 0.333. The number of furan rings is 1. The molecule has 138 valence electrons. The Hall–Kier alpha value is -3.78. The number of hydrogen-bond acceptors (Lipinski definition) is 7. The maximum absolute atomic E-state index is 12.2. The van der Waals surface area contributed by atoms with Gasteiger partial charge in [-0.2, -0.15) is 0 Å². The highest BCUT2D eigenvalue weighted by Gasteiger charge is 2.16. The number of amides is 1. The van der Waals surface area contributed by atoms with Gasteiger partial charge in [0.15, 0.2) is 10.8 Å². The number of carbonyl (C=O) groups excluding carboxylic acids is 1. The Morgan fingerprint density at radius 3 is 2.39 bits per heavy atom. The highest BCUT2D eigenvalue weighted by Crippen LogP contribution is 2.38.